The monoisotopic (exact) mass is 533 g/mol. The Morgan fingerprint density at radius 1 is 1.31 bits per heavy atom. The minimum Gasteiger partial charge on any atom is -0.379 e. The second-order valence-corrected chi connectivity index (χ2v) is 8.05. The Kier molecular flexibility index (Phi) is 10.3. The molecule has 3 heterocycles. The van der Waals surface area contributed by atoms with E-state index in [0.29, 0.717) is 12.6 Å². The third-order valence-electron chi connectivity index (χ3n) is 5.04. The summed E-state index contributed by atoms with van der Waals surface area (Å²) < 4.78 is 7.43. The highest BCUT2D eigenvalue weighted by atomic mass is 127. The zero-order valence-electron chi connectivity index (χ0n) is 17.4. The van der Waals surface area contributed by atoms with Crippen molar-refractivity contribution < 1.29 is 4.74 Å². The lowest BCUT2D eigenvalue weighted by Crippen LogP contribution is -2.49. The quantitative estimate of drug-likeness (QED) is 0.306. The highest BCUT2D eigenvalue weighted by Crippen LogP contribution is 2.08. The average Bonchev–Trinajstić information content (AvgIpc) is 3.35. The highest BCUT2D eigenvalue weighted by Gasteiger charge is 2.17. The fourth-order valence-corrected chi connectivity index (χ4v) is 3.77. The van der Waals surface area contributed by atoms with E-state index in [1.807, 2.05) is 18.5 Å². The molecule has 2 N–H and O–H groups in total. The fraction of sp³-hybridized carbons (Fsp3) is 0.632. The van der Waals surface area contributed by atoms with Crippen LogP contribution in [-0.4, -0.2) is 71.1 Å². The van der Waals surface area contributed by atoms with Gasteiger partial charge in [0.15, 0.2) is 11.8 Å². The molecular weight excluding hydrogens is 501 g/mol. The normalized spacial score (nSPS) is 16.3. The molecule has 10 heteroatoms. The number of nitrogens with one attached hydrogen (secondary N) is 2. The topological polar surface area (TPSA) is 79.6 Å². The van der Waals surface area contributed by atoms with E-state index in [0.717, 1.165) is 63.4 Å². The van der Waals surface area contributed by atoms with E-state index in [4.69, 9.17) is 9.73 Å². The van der Waals surface area contributed by atoms with E-state index >= 15 is 0 Å². The summed E-state index contributed by atoms with van der Waals surface area (Å²) in [6, 6.07) is 4.68. The van der Waals surface area contributed by atoms with Gasteiger partial charge in [0.05, 0.1) is 13.2 Å². The van der Waals surface area contributed by atoms with Crippen molar-refractivity contribution in [3.05, 3.63) is 34.0 Å². The van der Waals surface area contributed by atoms with Gasteiger partial charge < -0.3 is 19.9 Å². The molecule has 2 aromatic heterocycles. The van der Waals surface area contributed by atoms with Crippen LogP contribution < -0.4 is 10.6 Å². The van der Waals surface area contributed by atoms with Crippen LogP contribution >= 0.6 is 35.3 Å². The number of halogens is 1. The Hall–Kier alpha value is -1.24. The maximum Gasteiger partial charge on any atom is 0.191 e. The molecule has 3 rings (SSSR count). The number of rotatable bonds is 8. The maximum absolute atomic E-state index is 5.45. The van der Waals surface area contributed by atoms with E-state index in [1.165, 1.54) is 4.88 Å². The van der Waals surface area contributed by atoms with Crippen LogP contribution in [0.1, 0.15) is 23.4 Å². The fourth-order valence-electron chi connectivity index (χ4n) is 3.06. The molecule has 8 nitrogen and oxygen atoms in total. The van der Waals surface area contributed by atoms with Crippen LogP contribution in [0.25, 0.3) is 0 Å². The standard InChI is InChI=1S/C19H31N7OS.HI/c1-15(26-8-10-27-11-9-26)13-21-19(20-7-6-17-5-4-12-28-17)22-14-18-24-23-16(2)25(18)3;/h4-5,12,15H,6-11,13-14H2,1-3H3,(H2,20,21,22);1H. The van der Waals surface area contributed by atoms with Crippen LogP contribution in [0.15, 0.2) is 22.5 Å². The van der Waals surface area contributed by atoms with Crippen LogP contribution in [0.4, 0.5) is 0 Å². The SMILES string of the molecule is Cc1nnc(CN=C(NCCc2cccs2)NCC(C)N2CCOCC2)n1C.I. The predicted octanol–water partition coefficient (Wildman–Crippen LogP) is 1.80. The molecule has 1 aliphatic rings. The summed E-state index contributed by atoms with van der Waals surface area (Å²) in [5.41, 5.74) is 0. The van der Waals surface area contributed by atoms with Crippen molar-refractivity contribution >= 4 is 41.3 Å². The van der Waals surface area contributed by atoms with Crippen molar-refractivity contribution in [2.45, 2.75) is 32.9 Å². The van der Waals surface area contributed by atoms with Gasteiger partial charge in [-0.15, -0.1) is 45.5 Å². The summed E-state index contributed by atoms with van der Waals surface area (Å²) in [5, 5.41) is 17.4. The molecule has 1 unspecified atom stereocenters. The third kappa shape index (κ3) is 7.50. The van der Waals surface area contributed by atoms with Gasteiger partial charge in [-0.3, -0.25) is 4.90 Å². The first-order chi connectivity index (χ1) is 13.6. The van der Waals surface area contributed by atoms with Crippen LogP contribution in [0.5, 0.6) is 0 Å². The molecule has 1 saturated heterocycles. The number of ether oxygens (including phenoxy) is 1. The van der Waals surface area contributed by atoms with Crippen LogP contribution in [-0.2, 0) is 24.8 Å². The second kappa shape index (κ2) is 12.5. The van der Waals surface area contributed by atoms with Gasteiger partial charge in [-0.25, -0.2) is 4.99 Å². The molecule has 1 atom stereocenters. The number of aryl methyl sites for hydroxylation is 1. The van der Waals surface area contributed by atoms with Crippen molar-refractivity contribution in [3.8, 4) is 0 Å². The predicted molar refractivity (Wildman–Crippen MR) is 128 cm³/mol. The largest absolute Gasteiger partial charge is 0.379 e. The van der Waals surface area contributed by atoms with E-state index < -0.39 is 0 Å². The van der Waals surface area contributed by atoms with Crippen molar-refractivity contribution in [3.63, 3.8) is 0 Å². The van der Waals surface area contributed by atoms with Crippen LogP contribution in [0.3, 0.4) is 0 Å². The number of aromatic nitrogens is 3. The van der Waals surface area contributed by atoms with E-state index in [2.05, 4.69) is 50.2 Å². The Morgan fingerprint density at radius 3 is 2.76 bits per heavy atom. The third-order valence-corrected chi connectivity index (χ3v) is 5.98. The van der Waals surface area contributed by atoms with Gasteiger partial charge in [-0.1, -0.05) is 6.07 Å². The van der Waals surface area contributed by atoms with Gasteiger partial charge in [-0.05, 0) is 31.7 Å². The molecule has 162 valence electrons. The van der Waals surface area contributed by atoms with E-state index in [9.17, 15) is 0 Å². The number of hydrogen-bond acceptors (Lipinski definition) is 6. The van der Waals surface area contributed by atoms with Gasteiger partial charge in [0.2, 0.25) is 0 Å². The lowest BCUT2D eigenvalue weighted by atomic mass is 10.2. The van der Waals surface area contributed by atoms with Crippen LogP contribution in [0.2, 0.25) is 0 Å². The Balaban J connectivity index is 0.00000300. The van der Waals surface area contributed by atoms with Gasteiger partial charge >= 0.3 is 0 Å². The van der Waals surface area contributed by atoms with E-state index in [-0.39, 0.29) is 24.0 Å². The summed E-state index contributed by atoms with van der Waals surface area (Å²) in [7, 11) is 1.97. The first kappa shape index (κ1) is 24.0. The zero-order chi connectivity index (χ0) is 19.8. The summed E-state index contributed by atoms with van der Waals surface area (Å²) in [6.07, 6.45) is 0.987. The van der Waals surface area contributed by atoms with Gasteiger partial charge in [0.1, 0.15) is 12.4 Å². The Bertz CT molecular complexity index is 744. The highest BCUT2D eigenvalue weighted by molar-refractivity contribution is 14.0. The summed E-state index contributed by atoms with van der Waals surface area (Å²) in [4.78, 5) is 8.56. The van der Waals surface area contributed by atoms with Gasteiger partial charge in [-0.2, -0.15) is 0 Å². The number of aliphatic imine (C=N–C) groups is 1. The summed E-state index contributed by atoms with van der Waals surface area (Å²) in [5.74, 6) is 2.57. The van der Waals surface area contributed by atoms with Gasteiger partial charge in [0.25, 0.3) is 0 Å². The summed E-state index contributed by atoms with van der Waals surface area (Å²) >= 11 is 1.79. The first-order valence-corrected chi connectivity index (χ1v) is 10.7. The second-order valence-electron chi connectivity index (χ2n) is 7.02. The van der Waals surface area contributed by atoms with Gasteiger partial charge in [0, 0.05) is 44.1 Å². The minimum atomic E-state index is 0. The molecule has 29 heavy (non-hydrogen) atoms. The molecule has 0 spiro atoms. The number of morpholine rings is 1. The van der Waals surface area contributed by atoms with Crippen molar-refractivity contribution in [1.29, 1.82) is 0 Å². The molecule has 0 aliphatic carbocycles. The molecule has 0 aromatic carbocycles. The Labute approximate surface area is 194 Å². The van der Waals surface area contributed by atoms with Crippen LogP contribution in [0, 0.1) is 6.92 Å². The molecule has 0 bridgehead atoms. The van der Waals surface area contributed by atoms with Crippen molar-refractivity contribution in [2.75, 3.05) is 39.4 Å². The number of guanidine groups is 1. The zero-order valence-corrected chi connectivity index (χ0v) is 20.6. The number of hydrogen-bond donors (Lipinski definition) is 2. The molecule has 0 saturated carbocycles. The summed E-state index contributed by atoms with van der Waals surface area (Å²) in [6.45, 7) is 9.97. The smallest absolute Gasteiger partial charge is 0.191 e. The average molecular weight is 533 g/mol. The number of thiophene rings is 1. The molecule has 1 aliphatic heterocycles. The molecular formula is C19H32IN7OS. The van der Waals surface area contributed by atoms with Crippen molar-refractivity contribution in [2.24, 2.45) is 12.0 Å². The first-order valence-electron chi connectivity index (χ1n) is 9.84. The molecule has 0 amide bonds. The molecule has 2 aromatic rings. The molecule has 0 radical (unpaired) electrons. The molecule has 1 fully saturated rings. The Morgan fingerprint density at radius 2 is 2.10 bits per heavy atom. The number of nitrogens with zero attached hydrogens (tertiary/aromatic N) is 5. The lowest BCUT2D eigenvalue weighted by molar-refractivity contribution is 0.0211. The maximum atomic E-state index is 5.45. The lowest BCUT2D eigenvalue weighted by Gasteiger charge is -2.32. The van der Waals surface area contributed by atoms with Crippen molar-refractivity contribution in [1.82, 2.24) is 30.3 Å². The van der Waals surface area contributed by atoms with E-state index in [1.54, 1.807) is 11.3 Å². The minimum absolute atomic E-state index is 0.